The Bertz CT molecular complexity index is 397. The maximum absolute atomic E-state index is 12.3. The van der Waals surface area contributed by atoms with Crippen molar-refractivity contribution in [3.63, 3.8) is 0 Å². The van der Waals surface area contributed by atoms with Gasteiger partial charge in [0.15, 0.2) is 0 Å². The Morgan fingerprint density at radius 3 is 2.74 bits per heavy atom. The molecular weight excluding hydrogens is 268 g/mol. The Balaban J connectivity index is 2.53. The highest BCUT2D eigenvalue weighted by atomic mass is 32.2. The first-order chi connectivity index (χ1) is 8.87. The second-order valence-corrected chi connectivity index (χ2v) is 7.03. The van der Waals surface area contributed by atoms with Crippen molar-refractivity contribution in [2.45, 2.75) is 33.1 Å². The molecule has 1 heterocycles. The smallest absolute Gasteiger partial charge is 0.307 e. The Hall–Kier alpha value is -0.660. The second-order valence-electron chi connectivity index (χ2n) is 4.99. The van der Waals surface area contributed by atoms with Crippen molar-refractivity contribution in [2.24, 2.45) is 5.92 Å². The van der Waals surface area contributed by atoms with Crippen LogP contribution < -0.4 is 0 Å². The number of nitrogens with zero attached hydrogens (tertiary/aromatic N) is 2. The van der Waals surface area contributed by atoms with Crippen LogP contribution in [-0.4, -0.2) is 56.3 Å². The molecule has 112 valence electrons. The van der Waals surface area contributed by atoms with Crippen LogP contribution in [0.4, 0.5) is 0 Å². The zero-order valence-corrected chi connectivity index (χ0v) is 12.8. The van der Waals surface area contributed by atoms with Crippen LogP contribution in [0.1, 0.15) is 33.1 Å². The summed E-state index contributed by atoms with van der Waals surface area (Å²) in [6.07, 6.45) is 2.05. The molecule has 0 radical (unpaired) electrons. The van der Waals surface area contributed by atoms with Gasteiger partial charge in [-0.05, 0) is 25.7 Å². The Morgan fingerprint density at radius 1 is 1.47 bits per heavy atom. The molecule has 0 spiro atoms. The van der Waals surface area contributed by atoms with Crippen molar-refractivity contribution in [3.8, 4) is 0 Å². The van der Waals surface area contributed by atoms with E-state index in [4.69, 9.17) is 4.74 Å². The summed E-state index contributed by atoms with van der Waals surface area (Å²) in [6.45, 7) is 5.39. The van der Waals surface area contributed by atoms with E-state index in [-0.39, 0.29) is 18.9 Å². The average Bonchev–Trinajstić information content (AvgIpc) is 2.36. The number of carbonyl (C=O) groups is 1. The molecule has 0 amide bonds. The van der Waals surface area contributed by atoms with E-state index >= 15 is 0 Å². The number of ether oxygens (including phenoxy) is 1. The molecule has 0 aliphatic carbocycles. The molecule has 1 unspecified atom stereocenters. The van der Waals surface area contributed by atoms with Crippen LogP contribution >= 0.6 is 0 Å². The van der Waals surface area contributed by atoms with Gasteiger partial charge in [-0.25, -0.2) is 0 Å². The lowest BCUT2D eigenvalue weighted by molar-refractivity contribution is -0.143. The first kappa shape index (κ1) is 16.4. The summed E-state index contributed by atoms with van der Waals surface area (Å²) in [6, 6.07) is 0. The molecule has 1 aliphatic rings. The quantitative estimate of drug-likeness (QED) is 0.681. The number of piperidine rings is 1. The van der Waals surface area contributed by atoms with Crippen LogP contribution in [-0.2, 0) is 19.7 Å². The van der Waals surface area contributed by atoms with E-state index in [0.29, 0.717) is 25.6 Å². The van der Waals surface area contributed by atoms with Gasteiger partial charge < -0.3 is 4.74 Å². The summed E-state index contributed by atoms with van der Waals surface area (Å²) in [5.41, 5.74) is 0. The third-order valence-corrected chi connectivity index (χ3v) is 5.23. The predicted molar refractivity (Wildman–Crippen MR) is 72.8 cm³/mol. The SMILES string of the molecule is CCOC(=O)CCN(C)S(=O)(=O)N1CCCC(C)C1. The molecule has 1 atom stereocenters. The van der Waals surface area contributed by atoms with Gasteiger partial charge in [-0.15, -0.1) is 0 Å². The minimum atomic E-state index is -3.45. The van der Waals surface area contributed by atoms with Crippen molar-refractivity contribution in [1.29, 1.82) is 0 Å². The van der Waals surface area contributed by atoms with Gasteiger partial charge in [-0.2, -0.15) is 17.0 Å². The molecule has 6 nitrogen and oxygen atoms in total. The first-order valence-electron chi connectivity index (χ1n) is 6.75. The molecule has 0 aromatic rings. The van der Waals surface area contributed by atoms with Gasteiger partial charge in [-0.1, -0.05) is 6.92 Å². The number of hydrogen-bond acceptors (Lipinski definition) is 4. The van der Waals surface area contributed by atoms with E-state index in [9.17, 15) is 13.2 Å². The Labute approximate surface area is 115 Å². The summed E-state index contributed by atoms with van der Waals surface area (Å²) in [5, 5.41) is 0. The highest BCUT2D eigenvalue weighted by Gasteiger charge is 2.30. The number of rotatable bonds is 6. The number of hydrogen-bond donors (Lipinski definition) is 0. The van der Waals surface area contributed by atoms with Crippen molar-refractivity contribution < 1.29 is 17.9 Å². The zero-order chi connectivity index (χ0) is 14.5. The van der Waals surface area contributed by atoms with E-state index in [1.54, 1.807) is 6.92 Å². The third-order valence-electron chi connectivity index (χ3n) is 3.28. The lowest BCUT2D eigenvalue weighted by Crippen LogP contribution is -2.46. The lowest BCUT2D eigenvalue weighted by Gasteiger charge is -2.32. The van der Waals surface area contributed by atoms with Crippen molar-refractivity contribution in [3.05, 3.63) is 0 Å². The van der Waals surface area contributed by atoms with Crippen LogP contribution in [0.5, 0.6) is 0 Å². The van der Waals surface area contributed by atoms with Gasteiger partial charge in [0, 0.05) is 26.7 Å². The molecule has 1 aliphatic heterocycles. The third kappa shape index (κ3) is 4.74. The topological polar surface area (TPSA) is 66.9 Å². The summed E-state index contributed by atoms with van der Waals surface area (Å²) < 4.78 is 32.1. The summed E-state index contributed by atoms with van der Waals surface area (Å²) in [4.78, 5) is 11.2. The summed E-state index contributed by atoms with van der Waals surface area (Å²) in [7, 11) is -1.94. The van der Waals surface area contributed by atoms with Crippen molar-refractivity contribution in [2.75, 3.05) is 33.3 Å². The average molecular weight is 292 g/mol. The van der Waals surface area contributed by atoms with Crippen LogP contribution in [0.25, 0.3) is 0 Å². The van der Waals surface area contributed by atoms with E-state index < -0.39 is 10.2 Å². The molecule has 0 saturated carbocycles. The van der Waals surface area contributed by atoms with Crippen molar-refractivity contribution in [1.82, 2.24) is 8.61 Å². The van der Waals surface area contributed by atoms with Gasteiger partial charge in [-0.3, -0.25) is 4.79 Å². The standard InChI is InChI=1S/C12H24N2O4S/c1-4-18-12(15)7-9-13(3)19(16,17)14-8-5-6-11(2)10-14/h11H,4-10H2,1-3H3. The zero-order valence-electron chi connectivity index (χ0n) is 12.0. The Kier molecular flexibility index (Phi) is 6.22. The summed E-state index contributed by atoms with van der Waals surface area (Å²) >= 11 is 0. The normalized spacial score (nSPS) is 21.6. The number of carbonyl (C=O) groups excluding carboxylic acids is 1. The fourth-order valence-corrected chi connectivity index (χ4v) is 3.67. The van der Waals surface area contributed by atoms with Crippen molar-refractivity contribution >= 4 is 16.2 Å². The molecule has 0 aromatic carbocycles. The predicted octanol–water partition coefficient (Wildman–Crippen LogP) is 0.848. The molecule has 0 N–H and O–H groups in total. The molecular formula is C12H24N2O4S. The van der Waals surface area contributed by atoms with Gasteiger partial charge >= 0.3 is 5.97 Å². The lowest BCUT2D eigenvalue weighted by atomic mass is 10.0. The molecule has 1 saturated heterocycles. The molecule has 19 heavy (non-hydrogen) atoms. The van der Waals surface area contributed by atoms with E-state index in [1.165, 1.54) is 15.7 Å². The maximum atomic E-state index is 12.3. The molecule has 1 rings (SSSR count). The minimum absolute atomic E-state index is 0.0902. The van der Waals surface area contributed by atoms with Gasteiger partial charge in [0.05, 0.1) is 13.0 Å². The van der Waals surface area contributed by atoms with E-state index in [1.807, 2.05) is 0 Å². The van der Waals surface area contributed by atoms with Gasteiger partial charge in [0.2, 0.25) is 0 Å². The fourth-order valence-electron chi connectivity index (χ4n) is 2.15. The largest absolute Gasteiger partial charge is 0.466 e. The second kappa shape index (κ2) is 7.21. The fraction of sp³-hybridized carbons (Fsp3) is 0.917. The Morgan fingerprint density at radius 2 is 2.16 bits per heavy atom. The van der Waals surface area contributed by atoms with Gasteiger partial charge in [0.1, 0.15) is 0 Å². The molecule has 7 heteroatoms. The van der Waals surface area contributed by atoms with E-state index in [2.05, 4.69) is 6.92 Å². The van der Waals surface area contributed by atoms with Gasteiger partial charge in [0.25, 0.3) is 10.2 Å². The maximum Gasteiger partial charge on any atom is 0.307 e. The number of esters is 1. The monoisotopic (exact) mass is 292 g/mol. The van der Waals surface area contributed by atoms with Crippen LogP contribution in [0.15, 0.2) is 0 Å². The highest BCUT2D eigenvalue weighted by molar-refractivity contribution is 7.86. The molecule has 1 fully saturated rings. The van der Waals surface area contributed by atoms with E-state index in [0.717, 1.165) is 12.8 Å². The van der Waals surface area contributed by atoms with Crippen LogP contribution in [0.3, 0.4) is 0 Å². The first-order valence-corrected chi connectivity index (χ1v) is 8.14. The molecule has 0 bridgehead atoms. The minimum Gasteiger partial charge on any atom is -0.466 e. The van der Waals surface area contributed by atoms with Crippen LogP contribution in [0, 0.1) is 5.92 Å². The molecule has 0 aromatic heterocycles. The van der Waals surface area contributed by atoms with Crippen LogP contribution in [0.2, 0.25) is 0 Å². The summed E-state index contributed by atoms with van der Waals surface area (Å²) in [5.74, 6) is 0.0264. The highest BCUT2D eigenvalue weighted by Crippen LogP contribution is 2.20.